The summed E-state index contributed by atoms with van der Waals surface area (Å²) in [7, 11) is 0. The lowest BCUT2D eigenvalue weighted by molar-refractivity contribution is -0.143. The summed E-state index contributed by atoms with van der Waals surface area (Å²) in [5.41, 5.74) is 2.16. The van der Waals surface area contributed by atoms with E-state index >= 15 is 0 Å². The summed E-state index contributed by atoms with van der Waals surface area (Å²) < 4.78 is 0. The van der Waals surface area contributed by atoms with Crippen LogP contribution in [-0.4, -0.2) is 29.1 Å². The molecular formula is C17H25NO2. The fourth-order valence-corrected chi connectivity index (χ4v) is 2.93. The van der Waals surface area contributed by atoms with Gasteiger partial charge in [-0.2, -0.15) is 0 Å². The van der Waals surface area contributed by atoms with E-state index in [9.17, 15) is 9.90 Å². The summed E-state index contributed by atoms with van der Waals surface area (Å²) in [5, 5.41) is 9.61. The number of hydrogen-bond acceptors (Lipinski definition) is 2. The van der Waals surface area contributed by atoms with Gasteiger partial charge in [-0.05, 0) is 43.0 Å². The maximum atomic E-state index is 11.7. The monoisotopic (exact) mass is 275 g/mol. The van der Waals surface area contributed by atoms with Gasteiger partial charge in [0.2, 0.25) is 0 Å². The minimum absolute atomic E-state index is 0.477. The molecule has 0 amide bonds. The third kappa shape index (κ3) is 3.60. The normalized spacial score (nSPS) is 18.8. The molecule has 0 radical (unpaired) electrons. The Morgan fingerprint density at radius 3 is 1.95 bits per heavy atom. The second-order valence-corrected chi connectivity index (χ2v) is 6.01. The van der Waals surface area contributed by atoms with Crippen molar-refractivity contribution in [2.24, 2.45) is 0 Å². The topological polar surface area (TPSA) is 40.5 Å². The van der Waals surface area contributed by atoms with Crippen molar-refractivity contribution in [3.8, 4) is 0 Å². The maximum absolute atomic E-state index is 11.7. The van der Waals surface area contributed by atoms with Crippen molar-refractivity contribution in [2.45, 2.75) is 51.5 Å². The molecule has 0 bridgehead atoms. The summed E-state index contributed by atoms with van der Waals surface area (Å²) in [4.78, 5) is 13.8. The number of carboxylic acid groups (broad SMARTS) is 1. The van der Waals surface area contributed by atoms with Gasteiger partial charge in [0, 0.05) is 0 Å². The van der Waals surface area contributed by atoms with Gasteiger partial charge in [-0.25, -0.2) is 0 Å². The molecule has 20 heavy (non-hydrogen) atoms. The van der Waals surface area contributed by atoms with Gasteiger partial charge >= 0.3 is 5.97 Å². The van der Waals surface area contributed by atoms with E-state index in [1.54, 1.807) is 0 Å². The van der Waals surface area contributed by atoms with E-state index < -0.39 is 12.0 Å². The van der Waals surface area contributed by atoms with Crippen LogP contribution in [0.2, 0.25) is 0 Å². The van der Waals surface area contributed by atoms with Gasteiger partial charge in [0.25, 0.3) is 0 Å². The predicted molar refractivity (Wildman–Crippen MR) is 80.9 cm³/mol. The molecule has 0 aliphatic carbocycles. The van der Waals surface area contributed by atoms with Crippen LogP contribution in [0.3, 0.4) is 0 Å². The number of hydrogen-bond donors (Lipinski definition) is 1. The van der Waals surface area contributed by atoms with Gasteiger partial charge < -0.3 is 5.11 Å². The van der Waals surface area contributed by atoms with Crippen LogP contribution in [0.4, 0.5) is 0 Å². The van der Waals surface area contributed by atoms with Crippen LogP contribution in [0, 0.1) is 0 Å². The molecule has 1 atom stereocenters. The first-order chi connectivity index (χ1) is 9.59. The lowest BCUT2D eigenvalue weighted by atomic mass is 9.98. The minimum atomic E-state index is -0.732. The van der Waals surface area contributed by atoms with Crippen molar-refractivity contribution in [3.05, 3.63) is 35.4 Å². The molecule has 3 nitrogen and oxygen atoms in total. The number of carbonyl (C=O) groups is 1. The standard InChI is InChI=1S/C17H25NO2/c1-13(2)14-7-9-15(10-8-14)16(17(19)20)18-11-5-3-4-6-12-18/h7-10,13,16H,3-6,11-12H2,1-2H3,(H,19,20). The molecule has 1 saturated heterocycles. The molecule has 1 aromatic carbocycles. The molecule has 1 aromatic rings. The lowest BCUT2D eigenvalue weighted by Crippen LogP contribution is -2.34. The Morgan fingerprint density at radius 1 is 1.00 bits per heavy atom. The smallest absolute Gasteiger partial charge is 0.325 e. The average molecular weight is 275 g/mol. The fraction of sp³-hybridized carbons (Fsp3) is 0.588. The highest BCUT2D eigenvalue weighted by Gasteiger charge is 2.27. The zero-order valence-electron chi connectivity index (χ0n) is 12.5. The third-order valence-electron chi connectivity index (χ3n) is 4.16. The van der Waals surface area contributed by atoms with Crippen LogP contribution < -0.4 is 0 Å². The zero-order chi connectivity index (χ0) is 14.5. The van der Waals surface area contributed by atoms with Gasteiger partial charge in [-0.15, -0.1) is 0 Å². The molecule has 0 spiro atoms. The van der Waals surface area contributed by atoms with Crippen molar-refractivity contribution in [1.82, 2.24) is 4.90 Å². The molecule has 110 valence electrons. The number of aliphatic carboxylic acids is 1. The summed E-state index contributed by atoms with van der Waals surface area (Å²) in [6.45, 7) is 6.09. The van der Waals surface area contributed by atoms with Gasteiger partial charge in [-0.3, -0.25) is 9.69 Å². The molecule has 2 rings (SSSR count). The van der Waals surface area contributed by atoms with Crippen molar-refractivity contribution >= 4 is 5.97 Å². The van der Waals surface area contributed by atoms with Crippen molar-refractivity contribution < 1.29 is 9.90 Å². The molecule has 1 aliphatic heterocycles. The summed E-state index contributed by atoms with van der Waals surface area (Å²) in [6, 6.07) is 7.61. The second kappa shape index (κ2) is 6.89. The first kappa shape index (κ1) is 15.0. The summed E-state index contributed by atoms with van der Waals surface area (Å²) >= 11 is 0. The minimum Gasteiger partial charge on any atom is -0.480 e. The summed E-state index contributed by atoms with van der Waals surface area (Å²) in [5.74, 6) is -0.255. The van der Waals surface area contributed by atoms with E-state index in [2.05, 4.69) is 30.9 Å². The quantitative estimate of drug-likeness (QED) is 0.908. The van der Waals surface area contributed by atoms with Crippen molar-refractivity contribution in [3.63, 3.8) is 0 Å². The molecule has 3 heteroatoms. The van der Waals surface area contributed by atoms with E-state index in [4.69, 9.17) is 0 Å². The number of carboxylic acids is 1. The summed E-state index contributed by atoms with van der Waals surface area (Å²) in [6.07, 6.45) is 4.64. The highest BCUT2D eigenvalue weighted by atomic mass is 16.4. The molecule has 1 heterocycles. The predicted octanol–water partition coefficient (Wildman–Crippen LogP) is 3.81. The second-order valence-electron chi connectivity index (χ2n) is 6.01. The maximum Gasteiger partial charge on any atom is 0.325 e. The van der Waals surface area contributed by atoms with Gasteiger partial charge in [0.05, 0.1) is 0 Å². The van der Waals surface area contributed by atoms with Crippen LogP contribution in [0.5, 0.6) is 0 Å². The Kier molecular flexibility index (Phi) is 5.18. The first-order valence-corrected chi connectivity index (χ1v) is 7.66. The molecule has 1 N–H and O–H groups in total. The third-order valence-corrected chi connectivity index (χ3v) is 4.16. The zero-order valence-corrected chi connectivity index (χ0v) is 12.5. The molecule has 0 aromatic heterocycles. The molecular weight excluding hydrogens is 250 g/mol. The largest absolute Gasteiger partial charge is 0.480 e. The van der Waals surface area contributed by atoms with Crippen molar-refractivity contribution in [2.75, 3.05) is 13.1 Å². The van der Waals surface area contributed by atoms with Gasteiger partial charge in [-0.1, -0.05) is 51.0 Å². The fourth-order valence-electron chi connectivity index (χ4n) is 2.93. The van der Waals surface area contributed by atoms with Crippen LogP contribution in [-0.2, 0) is 4.79 Å². The van der Waals surface area contributed by atoms with E-state index in [0.29, 0.717) is 5.92 Å². The molecule has 0 saturated carbocycles. The Morgan fingerprint density at radius 2 is 1.50 bits per heavy atom. The Bertz CT molecular complexity index is 431. The molecule has 1 aliphatic rings. The van der Waals surface area contributed by atoms with E-state index in [0.717, 1.165) is 31.5 Å². The Balaban J connectivity index is 2.21. The van der Waals surface area contributed by atoms with Gasteiger partial charge in [0.1, 0.15) is 6.04 Å². The number of likely N-dealkylation sites (tertiary alicyclic amines) is 1. The molecule has 1 unspecified atom stereocenters. The highest BCUT2D eigenvalue weighted by molar-refractivity contribution is 5.75. The molecule has 1 fully saturated rings. The van der Waals surface area contributed by atoms with E-state index in [1.165, 1.54) is 18.4 Å². The van der Waals surface area contributed by atoms with Crippen LogP contribution in [0.15, 0.2) is 24.3 Å². The average Bonchev–Trinajstić information content (AvgIpc) is 2.68. The Hall–Kier alpha value is -1.35. The first-order valence-electron chi connectivity index (χ1n) is 7.66. The number of rotatable bonds is 4. The van der Waals surface area contributed by atoms with Gasteiger partial charge in [0.15, 0.2) is 0 Å². The van der Waals surface area contributed by atoms with E-state index in [-0.39, 0.29) is 0 Å². The van der Waals surface area contributed by atoms with Crippen LogP contribution >= 0.6 is 0 Å². The van der Waals surface area contributed by atoms with Crippen molar-refractivity contribution in [1.29, 1.82) is 0 Å². The Labute approximate surface area is 121 Å². The van der Waals surface area contributed by atoms with Crippen LogP contribution in [0.1, 0.15) is 62.6 Å². The highest BCUT2D eigenvalue weighted by Crippen LogP contribution is 2.26. The van der Waals surface area contributed by atoms with Crippen LogP contribution in [0.25, 0.3) is 0 Å². The van der Waals surface area contributed by atoms with E-state index in [1.807, 2.05) is 12.1 Å². The number of benzene rings is 1. The SMILES string of the molecule is CC(C)c1ccc(C(C(=O)O)N2CCCCCC2)cc1. The number of nitrogens with zero attached hydrogens (tertiary/aromatic N) is 1. The lowest BCUT2D eigenvalue weighted by Gasteiger charge is -2.27.